The van der Waals surface area contributed by atoms with Gasteiger partial charge in [0.15, 0.2) is 15.9 Å². The van der Waals surface area contributed by atoms with Gasteiger partial charge < -0.3 is 14.7 Å². The van der Waals surface area contributed by atoms with Crippen LogP contribution in [0.25, 0.3) is 0 Å². The van der Waals surface area contributed by atoms with Crippen molar-refractivity contribution < 1.29 is 23.1 Å². The number of sulfone groups is 1. The molecule has 1 aromatic rings. The molecule has 1 aromatic heterocycles. The van der Waals surface area contributed by atoms with E-state index in [0.717, 1.165) is 6.26 Å². The molecule has 104 valence electrons. The normalized spacial score (nSPS) is 20.3. The third kappa shape index (κ3) is 2.85. The molecule has 2 heterocycles. The molecule has 1 unspecified atom stereocenters. The van der Waals surface area contributed by atoms with Crippen molar-refractivity contribution in [2.45, 2.75) is 10.9 Å². The second-order valence-electron chi connectivity index (χ2n) is 4.22. The average Bonchev–Trinajstić information content (AvgIpc) is 2.37. The highest BCUT2D eigenvalue weighted by molar-refractivity contribution is 7.90. The molecule has 2 rings (SSSR count). The summed E-state index contributed by atoms with van der Waals surface area (Å²) < 4.78 is 28.6. The van der Waals surface area contributed by atoms with Gasteiger partial charge in [-0.1, -0.05) is 0 Å². The third-order valence-electron chi connectivity index (χ3n) is 2.84. The molecule has 0 saturated carbocycles. The maximum atomic E-state index is 11.7. The number of pyridine rings is 1. The van der Waals surface area contributed by atoms with E-state index >= 15 is 0 Å². The van der Waals surface area contributed by atoms with E-state index in [4.69, 9.17) is 9.84 Å². The first kappa shape index (κ1) is 13.8. The third-order valence-corrected chi connectivity index (χ3v) is 3.95. The van der Waals surface area contributed by atoms with Crippen LogP contribution in [0.3, 0.4) is 0 Å². The number of carboxylic acid groups (broad SMARTS) is 1. The Morgan fingerprint density at radius 2 is 2.32 bits per heavy atom. The van der Waals surface area contributed by atoms with E-state index < -0.39 is 21.8 Å². The van der Waals surface area contributed by atoms with Crippen LogP contribution in [0.2, 0.25) is 0 Å². The van der Waals surface area contributed by atoms with Gasteiger partial charge in [0.05, 0.1) is 13.2 Å². The minimum Gasteiger partial charge on any atom is -0.480 e. The monoisotopic (exact) mass is 286 g/mol. The van der Waals surface area contributed by atoms with Crippen molar-refractivity contribution in [3.8, 4) is 0 Å². The van der Waals surface area contributed by atoms with Crippen molar-refractivity contribution in [3.05, 3.63) is 18.3 Å². The summed E-state index contributed by atoms with van der Waals surface area (Å²) in [5.74, 6) is -0.898. The van der Waals surface area contributed by atoms with Crippen LogP contribution < -0.4 is 4.90 Å². The fourth-order valence-electron chi connectivity index (χ4n) is 1.95. The van der Waals surface area contributed by atoms with Crippen molar-refractivity contribution in [2.75, 3.05) is 30.9 Å². The van der Waals surface area contributed by atoms with Gasteiger partial charge in [0.1, 0.15) is 10.7 Å². The lowest BCUT2D eigenvalue weighted by Gasteiger charge is -2.34. The number of carboxylic acids is 1. The molecule has 0 aliphatic carbocycles. The van der Waals surface area contributed by atoms with Gasteiger partial charge in [-0.05, 0) is 12.1 Å². The van der Waals surface area contributed by atoms with Crippen molar-refractivity contribution in [3.63, 3.8) is 0 Å². The highest BCUT2D eigenvalue weighted by atomic mass is 32.2. The summed E-state index contributed by atoms with van der Waals surface area (Å²) in [7, 11) is -3.47. The Morgan fingerprint density at radius 3 is 2.95 bits per heavy atom. The van der Waals surface area contributed by atoms with Gasteiger partial charge in [0.25, 0.3) is 0 Å². The molecule has 0 radical (unpaired) electrons. The second kappa shape index (κ2) is 5.14. The lowest BCUT2D eigenvalue weighted by Crippen LogP contribution is -2.50. The summed E-state index contributed by atoms with van der Waals surface area (Å²) in [5.41, 5.74) is 0. The van der Waals surface area contributed by atoms with Gasteiger partial charge in [-0.3, -0.25) is 0 Å². The van der Waals surface area contributed by atoms with E-state index in [1.807, 2.05) is 0 Å². The molecular weight excluding hydrogens is 272 g/mol. The predicted molar refractivity (Wildman–Crippen MR) is 66.9 cm³/mol. The molecule has 7 nitrogen and oxygen atoms in total. The van der Waals surface area contributed by atoms with E-state index in [1.165, 1.54) is 23.2 Å². The summed E-state index contributed by atoms with van der Waals surface area (Å²) in [5, 5.41) is 9.16. The maximum absolute atomic E-state index is 11.7. The molecule has 1 atom stereocenters. The topological polar surface area (TPSA) is 96.8 Å². The number of carbonyl (C=O) groups is 1. The number of hydrogen-bond acceptors (Lipinski definition) is 6. The summed E-state index contributed by atoms with van der Waals surface area (Å²) in [4.78, 5) is 16.7. The fraction of sp³-hybridized carbons (Fsp3) is 0.455. The molecule has 19 heavy (non-hydrogen) atoms. The van der Waals surface area contributed by atoms with Crippen LogP contribution in [-0.4, -0.2) is 56.5 Å². The molecular formula is C11H14N2O5S. The summed E-state index contributed by atoms with van der Waals surface area (Å²) in [6, 6.07) is 2.01. The van der Waals surface area contributed by atoms with E-state index in [0.29, 0.717) is 6.61 Å². The zero-order valence-corrected chi connectivity index (χ0v) is 11.1. The first-order valence-corrected chi connectivity index (χ1v) is 7.52. The van der Waals surface area contributed by atoms with Gasteiger partial charge in [0.2, 0.25) is 0 Å². The molecule has 0 amide bonds. The molecule has 0 aromatic carbocycles. The molecule has 1 aliphatic rings. The van der Waals surface area contributed by atoms with Crippen molar-refractivity contribution in [2.24, 2.45) is 0 Å². The van der Waals surface area contributed by atoms with Gasteiger partial charge in [-0.2, -0.15) is 0 Å². The number of rotatable bonds is 3. The Hall–Kier alpha value is -1.67. The minimum absolute atomic E-state index is 0.00904. The molecule has 1 saturated heterocycles. The highest BCUT2D eigenvalue weighted by Crippen LogP contribution is 2.25. The first-order chi connectivity index (χ1) is 8.91. The van der Waals surface area contributed by atoms with Crippen LogP contribution in [0.5, 0.6) is 0 Å². The number of aromatic nitrogens is 1. The Morgan fingerprint density at radius 1 is 1.58 bits per heavy atom. The van der Waals surface area contributed by atoms with Crippen LogP contribution in [0.15, 0.2) is 23.2 Å². The summed E-state index contributed by atoms with van der Waals surface area (Å²) in [6.07, 6.45) is 2.52. The Balaban J connectivity index is 2.48. The SMILES string of the molecule is CS(=O)(=O)c1cccnc1N1CCOCC1C(=O)O. The lowest BCUT2D eigenvalue weighted by molar-refractivity contribution is -0.141. The second-order valence-corrected chi connectivity index (χ2v) is 6.20. The van der Waals surface area contributed by atoms with Crippen molar-refractivity contribution >= 4 is 21.6 Å². The van der Waals surface area contributed by atoms with E-state index in [9.17, 15) is 13.2 Å². The Kier molecular flexibility index (Phi) is 3.72. The fourth-order valence-corrected chi connectivity index (χ4v) is 2.78. The highest BCUT2D eigenvalue weighted by Gasteiger charge is 2.32. The van der Waals surface area contributed by atoms with Crippen molar-refractivity contribution in [1.29, 1.82) is 0 Å². The van der Waals surface area contributed by atoms with Crippen LogP contribution >= 0.6 is 0 Å². The standard InChI is InChI=1S/C11H14N2O5S/c1-19(16,17)9-3-2-4-12-10(9)13-5-6-18-7-8(13)11(14)15/h2-4,8H,5-7H2,1H3,(H,14,15). The van der Waals surface area contributed by atoms with Crippen LogP contribution in [0.1, 0.15) is 0 Å². The number of morpholine rings is 1. The number of aliphatic carboxylic acids is 1. The molecule has 0 bridgehead atoms. The summed E-state index contributed by atoms with van der Waals surface area (Å²) in [6.45, 7) is 0.634. The van der Waals surface area contributed by atoms with Crippen LogP contribution in [-0.2, 0) is 19.4 Å². The quantitative estimate of drug-likeness (QED) is 0.820. The number of nitrogens with zero attached hydrogens (tertiary/aromatic N) is 2. The van der Waals surface area contributed by atoms with Crippen LogP contribution in [0.4, 0.5) is 5.82 Å². The zero-order chi connectivity index (χ0) is 14.0. The van der Waals surface area contributed by atoms with Gasteiger partial charge in [0, 0.05) is 19.0 Å². The van der Waals surface area contributed by atoms with E-state index in [1.54, 1.807) is 0 Å². The molecule has 1 N–H and O–H groups in total. The van der Waals surface area contributed by atoms with Crippen LogP contribution in [0, 0.1) is 0 Å². The van der Waals surface area contributed by atoms with Gasteiger partial charge in [-0.15, -0.1) is 0 Å². The molecule has 0 spiro atoms. The molecule has 1 fully saturated rings. The largest absolute Gasteiger partial charge is 0.480 e. The zero-order valence-electron chi connectivity index (χ0n) is 10.3. The number of hydrogen-bond donors (Lipinski definition) is 1. The summed E-state index contributed by atoms with van der Waals surface area (Å²) >= 11 is 0. The molecule has 1 aliphatic heterocycles. The van der Waals surface area contributed by atoms with E-state index in [2.05, 4.69) is 4.98 Å². The Labute approximate surface area is 110 Å². The first-order valence-electron chi connectivity index (χ1n) is 5.63. The Bertz CT molecular complexity index is 587. The van der Waals surface area contributed by atoms with Gasteiger partial charge in [-0.25, -0.2) is 18.2 Å². The van der Waals surface area contributed by atoms with Crippen molar-refractivity contribution in [1.82, 2.24) is 4.98 Å². The average molecular weight is 286 g/mol. The van der Waals surface area contributed by atoms with E-state index in [-0.39, 0.29) is 23.9 Å². The molecule has 8 heteroatoms. The van der Waals surface area contributed by atoms with Gasteiger partial charge >= 0.3 is 5.97 Å². The maximum Gasteiger partial charge on any atom is 0.328 e. The predicted octanol–water partition coefficient (Wildman–Crippen LogP) is -0.225. The smallest absolute Gasteiger partial charge is 0.328 e. The number of ether oxygens (including phenoxy) is 1. The lowest BCUT2D eigenvalue weighted by atomic mass is 10.2. The minimum atomic E-state index is -3.47. The number of anilines is 1.